The van der Waals surface area contributed by atoms with E-state index in [4.69, 9.17) is 10.1 Å². The molecule has 34 heavy (non-hydrogen) atoms. The van der Waals surface area contributed by atoms with Gasteiger partial charge in [-0.05, 0) is 77.3 Å². The molecular weight excluding hydrogens is 439 g/mol. The summed E-state index contributed by atoms with van der Waals surface area (Å²) >= 11 is 0. The lowest BCUT2D eigenvalue weighted by atomic mass is 9.79. The number of nitrogens with zero attached hydrogens (tertiary/aromatic N) is 1. The molecule has 0 aliphatic carbocycles. The number of amides is 1. The van der Waals surface area contributed by atoms with Crippen molar-refractivity contribution in [3.8, 4) is 0 Å². The molecule has 0 aliphatic rings. The molecule has 0 radical (unpaired) electrons. The minimum Gasteiger partial charge on any atom is -0.557 e. The molecule has 14 heteroatoms. The van der Waals surface area contributed by atoms with E-state index in [1.54, 1.807) is 13.6 Å². The zero-order valence-electron chi connectivity index (χ0n) is 20.1. The summed E-state index contributed by atoms with van der Waals surface area (Å²) in [5.74, 6) is -0.308. The molecule has 0 unspecified atom stereocenters. The van der Waals surface area contributed by atoms with Crippen molar-refractivity contribution in [2.75, 3.05) is 13.1 Å². The van der Waals surface area contributed by atoms with Crippen LogP contribution in [0.25, 0.3) is 0 Å². The second-order valence-corrected chi connectivity index (χ2v) is 8.45. The Hall–Kier alpha value is -2.41. The second-order valence-electron chi connectivity index (χ2n) is 8.45. The Morgan fingerprint density at radius 3 is 2.12 bits per heavy atom. The Kier molecular flexibility index (Phi) is 14.2. The first-order chi connectivity index (χ1) is 16.2. The minimum absolute atomic E-state index is 0.0811. The Morgan fingerprint density at radius 2 is 1.65 bits per heavy atom. The number of nitro benzene ring substituents is 1. The van der Waals surface area contributed by atoms with Crippen LogP contribution in [0.2, 0.25) is 20.0 Å². The van der Waals surface area contributed by atoms with E-state index in [0.717, 1.165) is 19.1 Å². The molecule has 6 N–H and O–H groups in total. The average molecular weight is 475 g/mol. The van der Waals surface area contributed by atoms with Crippen LogP contribution >= 0.6 is 0 Å². The number of benzene rings is 1. The normalized spacial score (nSPS) is 10.9. The lowest BCUT2D eigenvalue weighted by Gasteiger charge is -2.36. The number of rotatable bonds is 19. The van der Waals surface area contributed by atoms with Crippen LogP contribution in [0.15, 0.2) is 24.3 Å². The Labute approximate surface area is 202 Å². The Bertz CT molecular complexity index is 739. The van der Waals surface area contributed by atoms with Gasteiger partial charge in [0.05, 0.1) is 4.92 Å². The van der Waals surface area contributed by atoms with Crippen LogP contribution < -0.4 is 15.8 Å². The third-order valence-corrected chi connectivity index (χ3v) is 5.51. The van der Waals surface area contributed by atoms with Crippen molar-refractivity contribution in [1.29, 1.82) is 5.41 Å². The summed E-state index contributed by atoms with van der Waals surface area (Å²) in [5.41, 5.74) is -0.293. The molecule has 1 amide bonds. The molecule has 0 aromatic heterocycles. The quantitative estimate of drug-likeness (QED) is 0.0433. The lowest BCUT2D eigenvalue weighted by molar-refractivity contribution is -0.384. The predicted octanol–water partition coefficient (Wildman–Crippen LogP) is 1.20. The number of nitrogens with one attached hydrogen (secondary N) is 4. The average Bonchev–Trinajstić information content (AvgIpc) is 2.79. The van der Waals surface area contributed by atoms with Gasteiger partial charge in [-0.15, -0.1) is 0 Å². The zero-order chi connectivity index (χ0) is 25.4. The number of non-ortho nitro benzene ring substituents is 1. The number of carbonyl (C=O) groups is 1. The first-order valence-electron chi connectivity index (χ1n) is 11.7. The number of carbonyl (C=O) groups excluding carboxylic acids is 1. The fraction of sp³-hybridized carbons (Fsp3) is 0.600. The van der Waals surface area contributed by atoms with E-state index in [9.17, 15) is 25.0 Å². The number of nitro groups is 1. The van der Waals surface area contributed by atoms with Crippen molar-refractivity contribution in [3.05, 3.63) is 39.9 Å². The first-order valence-corrected chi connectivity index (χ1v) is 11.7. The van der Waals surface area contributed by atoms with E-state index in [0.29, 0.717) is 58.2 Å². The molecule has 0 saturated heterocycles. The first kappa shape index (κ1) is 29.6. The van der Waals surface area contributed by atoms with Gasteiger partial charge in [0.25, 0.3) is 11.6 Å². The van der Waals surface area contributed by atoms with Crippen LogP contribution in [-0.4, -0.2) is 67.5 Å². The van der Waals surface area contributed by atoms with Gasteiger partial charge in [-0.25, -0.2) is 0 Å². The monoisotopic (exact) mass is 475 g/mol. The molecule has 1 rings (SSSR count). The molecular formula is C20H36B3N5O6. The van der Waals surface area contributed by atoms with Crippen molar-refractivity contribution >= 4 is 39.6 Å². The molecule has 11 nitrogen and oxygen atoms in total. The Morgan fingerprint density at radius 1 is 1.12 bits per heavy atom. The van der Waals surface area contributed by atoms with Gasteiger partial charge in [0.15, 0.2) is 0 Å². The van der Waals surface area contributed by atoms with Gasteiger partial charge in [-0.2, -0.15) is 0 Å². The van der Waals surface area contributed by atoms with E-state index < -0.39 is 24.6 Å². The molecule has 0 atom stereocenters. The molecule has 0 spiro atoms. The van der Waals surface area contributed by atoms with Gasteiger partial charge in [0.1, 0.15) is 6.40 Å². The molecule has 0 bridgehead atoms. The van der Waals surface area contributed by atoms with Gasteiger partial charge >= 0.3 is 21.6 Å². The Balaban J connectivity index is 3.00. The topological polar surface area (TPSA) is 170 Å². The van der Waals surface area contributed by atoms with Crippen LogP contribution in [-0.2, 0) is 4.65 Å². The maximum Gasteiger partial charge on any atom is 0.373 e. The third kappa shape index (κ3) is 12.2. The molecule has 186 valence electrons. The lowest BCUT2D eigenvalue weighted by Crippen LogP contribution is -2.49. The minimum atomic E-state index is -0.627. The molecule has 1 aromatic carbocycles. The van der Waals surface area contributed by atoms with Gasteiger partial charge in [0, 0.05) is 23.2 Å². The van der Waals surface area contributed by atoms with Gasteiger partial charge < -0.3 is 30.5 Å². The maximum atomic E-state index is 13.1. The van der Waals surface area contributed by atoms with E-state index in [-0.39, 0.29) is 11.6 Å². The zero-order valence-corrected chi connectivity index (χ0v) is 20.1. The molecule has 0 heterocycles. The number of hydrogen-bond donors (Lipinski definition) is 6. The summed E-state index contributed by atoms with van der Waals surface area (Å²) in [6.07, 6.45) is 5.82. The highest BCUT2D eigenvalue weighted by Gasteiger charge is 2.31. The van der Waals surface area contributed by atoms with Gasteiger partial charge in [0.2, 0.25) is 0 Å². The molecule has 0 saturated carbocycles. The van der Waals surface area contributed by atoms with E-state index >= 15 is 0 Å². The largest absolute Gasteiger partial charge is 0.557 e. The summed E-state index contributed by atoms with van der Waals surface area (Å²) in [7, 11) is -0.835. The number of hydrogen-bond acceptors (Lipinski definition) is 9. The molecule has 0 fully saturated rings. The fourth-order valence-electron chi connectivity index (χ4n) is 3.79. The predicted molar refractivity (Wildman–Crippen MR) is 136 cm³/mol. The van der Waals surface area contributed by atoms with Crippen LogP contribution in [0.3, 0.4) is 0 Å². The van der Waals surface area contributed by atoms with Gasteiger partial charge in [-0.1, -0.05) is 6.42 Å². The van der Waals surface area contributed by atoms with E-state index in [1.165, 1.54) is 24.3 Å². The maximum absolute atomic E-state index is 13.1. The summed E-state index contributed by atoms with van der Waals surface area (Å²) in [6.45, 7) is 4.45. The summed E-state index contributed by atoms with van der Waals surface area (Å²) in [5, 5.41) is 46.0. The highest BCUT2D eigenvalue weighted by Crippen LogP contribution is 2.27. The van der Waals surface area contributed by atoms with Crippen LogP contribution in [0.5, 0.6) is 0 Å². The second kappa shape index (κ2) is 16.3. The summed E-state index contributed by atoms with van der Waals surface area (Å²) in [4.78, 5) is 23.5. The van der Waals surface area contributed by atoms with E-state index in [2.05, 4.69) is 15.8 Å². The summed E-state index contributed by atoms with van der Waals surface area (Å²) in [6, 6.07) is 5.51. The highest BCUT2D eigenvalue weighted by molar-refractivity contribution is 6.45. The van der Waals surface area contributed by atoms with E-state index in [1.807, 2.05) is 0 Å². The summed E-state index contributed by atoms with van der Waals surface area (Å²) < 4.78 is 5.00. The van der Waals surface area contributed by atoms with Crippen LogP contribution in [0, 0.1) is 15.5 Å². The molecule has 1 aromatic rings. The molecule has 0 aliphatic heterocycles. The third-order valence-electron chi connectivity index (χ3n) is 5.51. The standard InChI is InChI=1S/C20H36B3N5O6/c1-22(30)25-14-4-11-20(10-3-13-21-34-16-24,12-5-15-26-23(2)31)27-19(29)17-6-8-18(9-7-17)28(32)33/h6-9,16,21,24-26,30-31H,3-5,10-15H2,1-2H3,(H,27,29). The van der Waals surface area contributed by atoms with Crippen molar-refractivity contribution < 1.29 is 24.4 Å². The smallest absolute Gasteiger partial charge is 0.373 e. The highest BCUT2D eigenvalue weighted by atomic mass is 16.6. The van der Waals surface area contributed by atoms with Crippen molar-refractivity contribution in [2.24, 2.45) is 0 Å². The van der Waals surface area contributed by atoms with Crippen molar-refractivity contribution in [3.63, 3.8) is 0 Å². The fourth-order valence-corrected chi connectivity index (χ4v) is 3.79. The SMILES string of the molecule is CB(O)NCCCC(CCCBOC=N)(CCCNB(C)O)NC(=O)c1ccc([N+](=O)[O-])cc1. The van der Waals surface area contributed by atoms with Crippen LogP contribution in [0.4, 0.5) is 5.69 Å². The van der Waals surface area contributed by atoms with Gasteiger partial charge in [-0.3, -0.25) is 20.3 Å². The van der Waals surface area contributed by atoms with Crippen LogP contribution in [0.1, 0.15) is 48.9 Å². The van der Waals surface area contributed by atoms with Crippen molar-refractivity contribution in [2.45, 2.75) is 64.0 Å². The van der Waals surface area contributed by atoms with Crippen molar-refractivity contribution in [1.82, 2.24) is 15.8 Å².